The molecule has 1 nitrogen and oxygen atoms in total. The molecule has 1 heteroatoms. The average molecular weight is 153 g/mol. The van der Waals surface area contributed by atoms with Crippen molar-refractivity contribution < 1.29 is 0 Å². The van der Waals surface area contributed by atoms with Gasteiger partial charge in [0.25, 0.3) is 0 Å². The van der Waals surface area contributed by atoms with Gasteiger partial charge in [-0.15, -0.1) is 0 Å². The molecule has 0 saturated heterocycles. The molecule has 0 spiro atoms. The van der Waals surface area contributed by atoms with Crippen molar-refractivity contribution in [2.24, 2.45) is 0 Å². The second-order valence-electron chi connectivity index (χ2n) is 2.73. The van der Waals surface area contributed by atoms with E-state index >= 15 is 0 Å². The van der Waals surface area contributed by atoms with Crippen molar-refractivity contribution in [1.29, 1.82) is 0 Å². The van der Waals surface area contributed by atoms with Crippen LogP contribution in [-0.4, -0.2) is 4.57 Å². The van der Waals surface area contributed by atoms with Gasteiger partial charge in [-0.2, -0.15) is 0 Å². The highest BCUT2D eigenvalue weighted by atomic mass is 15.0. The number of hydrogen-bond donors (Lipinski definition) is 0. The van der Waals surface area contributed by atoms with Gasteiger partial charge in [-0.05, 0) is 32.4 Å². The molecule has 0 radical (unpaired) electrons. The van der Waals surface area contributed by atoms with Gasteiger partial charge in [0.1, 0.15) is 0 Å². The zero-order chi connectivity index (χ0) is 8.85. The molecular weight excluding hydrogens is 134 g/mol. The minimum atomic E-state index is 0.596. The van der Waals surface area contributed by atoms with E-state index in [0.717, 1.165) is 0 Å². The second-order valence-corrected chi connectivity index (χ2v) is 2.73. The van der Waals surface area contributed by atoms with Crippen molar-refractivity contribution in [3.63, 3.8) is 0 Å². The van der Waals surface area contributed by atoms with Crippen LogP contribution in [-0.2, 0) is 0 Å². The third-order valence-electron chi connectivity index (χ3n) is 1.46. The largest absolute Gasteiger partial charge is 0.352 e. The van der Waals surface area contributed by atoms with E-state index < -0.39 is 0 Å². The van der Waals surface area contributed by atoms with Gasteiger partial charge in [0.05, 0.1) is 0 Å². The first-order valence-electron chi connectivity index (χ1n) is 4.34. The Bertz CT molecular complexity index is 187. The van der Waals surface area contributed by atoms with Crippen molar-refractivity contribution in [2.45, 2.75) is 40.7 Å². The SMILES string of the molecule is CC.Cc1ccn(C(C)C)c1. The smallest absolute Gasteiger partial charge is 0.0274 e. The van der Waals surface area contributed by atoms with Crippen molar-refractivity contribution >= 4 is 0 Å². The van der Waals surface area contributed by atoms with E-state index in [-0.39, 0.29) is 0 Å². The highest BCUT2D eigenvalue weighted by Gasteiger charge is 1.93. The van der Waals surface area contributed by atoms with Gasteiger partial charge in [0, 0.05) is 18.4 Å². The van der Waals surface area contributed by atoms with Crippen LogP contribution in [0.1, 0.15) is 39.3 Å². The lowest BCUT2D eigenvalue weighted by Crippen LogP contribution is -1.95. The summed E-state index contributed by atoms with van der Waals surface area (Å²) in [7, 11) is 0. The maximum absolute atomic E-state index is 2.20. The van der Waals surface area contributed by atoms with Crippen LogP contribution in [0.4, 0.5) is 0 Å². The average Bonchev–Trinajstić information content (AvgIpc) is 2.40. The fourth-order valence-corrected chi connectivity index (χ4v) is 0.846. The van der Waals surface area contributed by atoms with Gasteiger partial charge in [-0.25, -0.2) is 0 Å². The molecule has 0 amide bonds. The molecule has 0 aromatic carbocycles. The Morgan fingerprint density at radius 2 is 1.82 bits per heavy atom. The Labute approximate surface area is 70.0 Å². The zero-order valence-corrected chi connectivity index (χ0v) is 8.26. The Balaban J connectivity index is 0.000000461. The first kappa shape index (κ1) is 10.3. The van der Waals surface area contributed by atoms with Crippen LogP contribution >= 0.6 is 0 Å². The zero-order valence-electron chi connectivity index (χ0n) is 8.26. The summed E-state index contributed by atoms with van der Waals surface area (Å²) in [4.78, 5) is 0. The summed E-state index contributed by atoms with van der Waals surface area (Å²) in [5.74, 6) is 0. The summed E-state index contributed by atoms with van der Waals surface area (Å²) in [5.41, 5.74) is 1.34. The topological polar surface area (TPSA) is 4.93 Å². The molecule has 0 N–H and O–H groups in total. The highest BCUT2D eigenvalue weighted by molar-refractivity contribution is 5.07. The Morgan fingerprint density at radius 3 is 2.00 bits per heavy atom. The van der Waals surface area contributed by atoms with Gasteiger partial charge >= 0.3 is 0 Å². The predicted molar refractivity (Wildman–Crippen MR) is 50.9 cm³/mol. The van der Waals surface area contributed by atoms with Crippen LogP contribution in [0.3, 0.4) is 0 Å². The van der Waals surface area contributed by atoms with E-state index in [1.54, 1.807) is 0 Å². The van der Waals surface area contributed by atoms with Crippen LogP contribution < -0.4 is 0 Å². The normalized spacial score (nSPS) is 9.27. The van der Waals surface area contributed by atoms with Crippen LogP contribution in [0.15, 0.2) is 18.5 Å². The molecule has 0 aliphatic rings. The van der Waals surface area contributed by atoms with Gasteiger partial charge in [0.15, 0.2) is 0 Å². The molecule has 0 saturated carbocycles. The standard InChI is InChI=1S/C8H13N.C2H6/c1-7(2)9-5-4-8(3)6-9;1-2/h4-7H,1-3H3;1-2H3. The first-order valence-corrected chi connectivity index (χ1v) is 4.34. The summed E-state index contributed by atoms with van der Waals surface area (Å²) < 4.78 is 2.20. The first-order chi connectivity index (χ1) is 5.20. The van der Waals surface area contributed by atoms with E-state index in [9.17, 15) is 0 Å². The summed E-state index contributed by atoms with van der Waals surface area (Å²) in [5, 5.41) is 0. The Kier molecular flexibility index (Phi) is 4.67. The molecule has 1 heterocycles. The van der Waals surface area contributed by atoms with Crippen LogP contribution in [0, 0.1) is 6.92 Å². The molecule has 0 unspecified atom stereocenters. The van der Waals surface area contributed by atoms with Crippen LogP contribution in [0.2, 0.25) is 0 Å². The second kappa shape index (κ2) is 5.00. The number of hydrogen-bond acceptors (Lipinski definition) is 0. The van der Waals surface area contributed by atoms with Gasteiger partial charge in [-0.3, -0.25) is 0 Å². The summed E-state index contributed by atoms with van der Waals surface area (Å²) in [6.07, 6.45) is 4.27. The Hall–Kier alpha value is -0.720. The molecule has 64 valence electrons. The predicted octanol–water partition coefficient (Wildman–Crippen LogP) is 3.40. The Morgan fingerprint density at radius 1 is 1.27 bits per heavy atom. The number of rotatable bonds is 1. The third-order valence-corrected chi connectivity index (χ3v) is 1.46. The van der Waals surface area contributed by atoms with E-state index in [2.05, 4.69) is 43.8 Å². The van der Waals surface area contributed by atoms with E-state index in [1.165, 1.54) is 5.56 Å². The van der Waals surface area contributed by atoms with Gasteiger partial charge in [0.2, 0.25) is 0 Å². The van der Waals surface area contributed by atoms with Crippen molar-refractivity contribution in [2.75, 3.05) is 0 Å². The third kappa shape index (κ3) is 3.26. The van der Waals surface area contributed by atoms with Gasteiger partial charge < -0.3 is 4.57 Å². The molecule has 0 aliphatic heterocycles. The maximum atomic E-state index is 2.20. The van der Waals surface area contributed by atoms with Crippen molar-refractivity contribution in [1.82, 2.24) is 4.57 Å². The lowest BCUT2D eigenvalue weighted by Gasteiger charge is -2.04. The number of aromatic nitrogens is 1. The van der Waals surface area contributed by atoms with E-state index in [1.807, 2.05) is 13.8 Å². The quantitative estimate of drug-likeness (QED) is 0.582. The molecule has 0 atom stereocenters. The highest BCUT2D eigenvalue weighted by Crippen LogP contribution is 2.06. The van der Waals surface area contributed by atoms with Crippen LogP contribution in [0.25, 0.3) is 0 Å². The summed E-state index contributed by atoms with van der Waals surface area (Å²) >= 11 is 0. The fraction of sp³-hybridized carbons (Fsp3) is 0.600. The molecular formula is C10H19N. The maximum Gasteiger partial charge on any atom is 0.0274 e. The molecule has 1 aromatic heterocycles. The molecule has 1 aromatic rings. The van der Waals surface area contributed by atoms with Crippen LogP contribution in [0.5, 0.6) is 0 Å². The summed E-state index contributed by atoms with van der Waals surface area (Å²) in [6, 6.07) is 2.72. The molecule has 0 aliphatic carbocycles. The summed E-state index contributed by atoms with van der Waals surface area (Å²) in [6.45, 7) is 10.5. The lowest BCUT2D eigenvalue weighted by molar-refractivity contribution is 0.603. The minimum Gasteiger partial charge on any atom is -0.352 e. The minimum absolute atomic E-state index is 0.596. The lowest BCUT2D eigenvalue weighted by atomic mass is 10.4. The molecule has 11 heavy (non-hydrogen) atoms. The fourth-order valence-electron chi connectivity index (χ4n) is 0.846. The monoisotopic (exact) mass is 153 g/mol. The molecule has 0 bridgehead atoms. The molecule has 1 rings (SSSR count). The van der Waals surface area contributed by atoms with Crippen molar-refractivity contribution in [3.05, 3.63) is 24.0 Å². The van der Waals surface area contributed by atoms with E-state index in [4.69, 9.17) is 0 Å². The number of aryl methyl sites for hydroxylation is 1. The van der Waals surface area contributed by atoms with Gasteiger partial charge in [-0.1, -0.05) is 13.8 Å². The molecule has 0 fully saturated rings. The number of nitrogens with zero attached hydrogens (tertiary/aromatic N) is 1. The van der Waals surface area contributed by atoms with E-state index in [0.29, 0.717) is 6.04 Å². The van der Waals surface area contributed by atoms with Crippen molar-refractivity contribution in [3.8, 4) is 0 Å².